The lowest BCUT2D eigenvalue weighted by molar-refractivity contribution is -0.126. The Hall–Kier alpha value is -2.98. The van der Waals surface area contributed by atoms with Gasteiger partial charge in [-0.2, -0.15) is 10.1 Å². The Balaban J connectivity index is 2.28. The molecule has 0 aliphatic carbocycles. The van der Waals surface area contributed by atoms with Crippen molar-refractivity contribution in [3.05, 3.63) is 29.3 Å². The number of anilines is 1. The molecule has 1 aromatic rings. The molecule has 2 N–H and O–H groups in total. The molecule has 0 unspecified atom stereocenters. The molecule has 0 saturated carbocycles. The van der Waals surface area contributed by atoms with Crippen molar-refractivity contribution in [2.75, 3.05) is 11.6 Å². The van der Waals surface area contributed by atoms with Crippen molar-refractivity contribution in [1.82, 2.24) is 10.6 Å². The molecule has 1 aliphatic rings. The number of hydrogen-bond acceptors (Lipinski definition) is 4. The fourth-order valence-corrected chi connectivity index (χ4v) is 2.38. The maximum atomic E-state index is 14.0. The first-order valence-electron chi connectivity index (χ1n) is 8.49. The second kappa shape index (κ2) is 8.81. The van der Waals surface area contributed by atoms with Crippen molar-refractivity contribution in [2.24, 2.45) is 5.10 Å². The quantitative estimate of drug-likeness (QED) is 0.561. The summed E-state index contributed by atoms with van der Waals surface area (Å²) in [5.74, 6) is -9.31. The lowest BCUT2D eigenvalue weighted by Crippen LogP contribution is -2.48. The van der Waals surface area contributed by atoms with Gasteiger partial charge in [-0.1, -0.05) is 6.92 Å². The number of carbonyl (C=O) groups excluding carboxylic acids is 3. The zero-order valence-electron chi connectivity index (χ0n) is 15.1. The SMILES string of the molecule is CCCNC(=O)[C@@H](C)NC(=O)C1=NN(c2c(F)c(F)cc(F)c2F)C(=O)CC1. The van der Waals surface area contributed by atoms with Gasteiger partial charge in [0.15, 0.2) is 23.3 Å². The fraction of sp³-hybridized carbons (Fsp3) is 0.412. The number of hydrogen-bond donors (Lipinski definition) is 2. The number of amides is 3. The van der Waals surface area contributed by atoms with Crippen molar-refractivity contribution >= 4 is 29.1 Å². The van der Waals surface area contributed by atoms with Crippen molar-refractivity contribution in [3.8, 4) is 0 Å². The van der Waals surface area contributed by atoms with Crippen LogP contribution in [0.5, 0.6) is 0 Å². The third-order valence-electron chi connectivity index (χ3n) is 3.89. The zero-order chi connectivity index (χ0) is 21.0. The van der Waals surface area contributed by atoms with Gasteiger partial charge in [-0.3, -0.25) is 14.4 Å². The summed E-state index contributed by atoms with van der Waals surface area (Å²) >= 11 is 0. The number of nitrogens with one attached hydrogen (secondary N) is 2. The van der Waals surface area contributed by atoms with Gasteiger partial charge in [-0.15, -0.1) is 0 Å². The summed E-state index contributed by atoms with van der Waals surface area (Å²) in [6, 6.07) is -0.941. The Bertz CT molecular complexity index is 818. The molecule has 0 fully saturated rings. The van der Waals surface area contributed by atoms with Crippen LogP contribution in [-0.2, 0) is 14.4 Å². The van der Waals surface area contributed by atoms with Crippen molar-refractivity contribution < 1.29 is 31.9 Å². The van der Waals surface area contributed by atoms with Gasteiger partial charge in [0.05, 0.1) is 0 Å². The van der Waals surface area contributed by atoms with Crippen LogP contribution in [-0.4, -0.2) is 36.0 Å². The molecule has 0 spiro atoms. The molecule has 0 radical (unpaired) electrons. The zero-order valence-corrected chi connectivity index (χ0v) is 15.1. The first kappa shape index (κ1) is 21.3. The van der Waals surface area contributed by atoms with Crippen LogP contribution in [0.3, 0.4) is 0 Å². The van der Waals surface area contributed by atoms with Crippen LogP contribution in [0, 0.1) is 23.3 Å². The minimum absolute atomic E-state index is 0.00346. The topological polar surface area (TPSA) is 90.9 Å². The summed E-state index contributed by atoms with van der Waals surface area (Å²) in [5, 5.41) is 8.59. The van der Waals surface area contributed by atoms with E-state index in [2.05, 4.69) is 15.7 Å². The van der Waals surface area contributed by atoms with Crippen molar-refractivity contribution in [2.45, 2.75) is 39.2 Å². The maximum absolute atomic E-state index is 14.0. The summed E-state index contributed by atoms with van der Waals surface area (Å²) < 4.78 is 54.8. The lowest BCUT2D eigenvalue weighted by atomic mass is 10.1. The minimum atomic E-state index is -1.81. The van der Waals surface area contributed by atoms with Crippen molar-refractivity contribution in [1.29, 1.82) is 0 Å². The molecule has 1 aliphatic heterocycles. The number of hydrazone groups is 1. The van der Waals surface area contributed by atoms with Gasteiger partial charge in [0.1, 0.15) is 17.4 Å². The average Bonchev–Trinajstić information content (AvgIpc) is 2.65. The predicted octanol–water partition coefficient (Wildman–Crippen LogP) is 1.76. The summed E-state index contributed by atoms with van der Waals surface area (Å²) in [4.78, 5) is 36.1. The van der Waals surface area contributed by atoms with Crippen LogP contribution in [0.4, 0.5) is 23.2 Å². The van der Waals surface area contributed by atoms with E-state index < -0.39 is 52.7 Å². The Morgan fingerprint density at radius 2 is 1.79 bits per heavy atom. The number of rotatable bonds is 6. The van der Waals surface area contributed by atoms with E-state index in [9.17, 15) is 31.9 Å². The van der Waals surface area contributed by atoms with E-state index in [0.717, 1.165) is 0 Å². The molecular weight excluding hydrogens is 384 g/mol. The monoisotopic (exact) mass is 402 g/mol. The second-order valence-corrected chi connectivity index (χ2v) is 6.06. The molecule has 0 saturated heterocycles. The maximum Gasteiger partial charge on any atom is 0.268 e. The highest BCUT2D eigenvalue weighted by Crippen LogP contribution is 2.30. The first-order valence-corrected chi connectivity index (χ1v) is 8.49. The molecule has 7 nitrogen and oxygen atoms in total. The van der Waals surface area contributed by atoms with Gasteiger partial charge in [0.25, 0.3) is 5.91 Å². The second-order valence-electron chi connectivity index (χ2n) is 6.06. The highest BCUT2D eigenvalue weighted by Gasteiger charge is 2.33. The Labute approximate surface area is 157 Å². The van der Waals surface area contributed by atoms with Crippen LogP contribution in [0.1, 0.15) is 33.1 Å². The van der Waals surface area contributed by atoms with E-state index in [1.54, 1.807) is 0 Å². The van der Waals surface area contributed by atoms with E-state index in [4.69, 9.17) is 0 Å². The molecule has 1 aromatic carbocycles. The molecular formula is C17H18F4N4O3. The van der Waals surface area contributed by atoms with Gasteiger partial charge in [-0.05, 0) is 13.3 Å². The van der Waals surface area contributed by atoms with Crippen LogP contribution in [0.15, 0.2) is 11.2 Å². The summed E-state index contributed by atoms with van der Waals surface area (Å²) in [5.41, 5.74) is -1.67. The smallest absolute Gasteiger partial charge is 0.268 e. The molecule has 11 heteroatoms. The van der Waals surface area contributed by atoms with E-state index in [1.807, 2.05) is 6.92 Å². The average molecular weight is 402 g/mol. The predicted molar refractivity (Wildman–Crippen MR) is 91.3 cm³/mol. The molecule has 0 aromatic heterocycles. The van der Waals surface area contributed by atoms with Gasteiger partial charge >= 0.3 is 0 Å². The molecule has 2 rings (SSSR count). The van der Waals surface area contributed by atoms with Crippen LogP contribution < -0.4 is 15.6 Å². The Morgan fingerprint density at radius 3 is 2.36 bits per heavy atom. The molecule has 152 valence electrons. The molecule has 3 amide bonds. The van der Waals surface area contributed by atoms with Crippen LogP contribution in [0.25, 0.3) is 0 Å². The highest BCUT2D eigenvalue weighted by atomic mass is 19.2. The third-order valence-corrected chi connectivity index (χ3v) is 3.89. The fourth-order valence-electron chi connectivity index (χ4n) is 2.38. The van der Waals surface area contributed by atoms with Crippen LogP contribution in [0.2, 0.25) is 0 Å². The molecule has 1 atom stereocenters. The van der Waals surface area contributed by atoms with Gasteiger partial charge in [-0.25, -0.2) is 17.6 Å². The number of nitrogens with zero attached hydrogens (tertiary/aromatic N) is 2. The standard InChI is InChI=1S/C17H18F4N4O3/c1-3-6-22-16(27)8(2)23-17(28)11-4-5-12(26)25(24-11)15-13(20)9(18)7-10(19)14(15)21/h7-8H,3-6H2,1-2H3,(H,22,27)(H,23,28)/t8-/m1/s1. The number of halogens is 4. The minimum Gasteiger partial charge on any atom is -0.354 e. The van der Waals surface area contributed by atoms with Gasteiger partial charge in [0, 0.05) is 25.5 Å². The summed E-state index contributed by atoms with van der Waals surface area (Å²) in [6.45, 7) is 3.67. The van der Waals surface area contributed by atoms with Gasteiger partial charge < -0.3 is 10.6 Å². The summed E-state index contributed by atoms with van der Waals surface area (Å²) in [7, 11) is 0. The van der Waals surface area contributed by atoms with E-state index in [-0.39, 0.29) is 29.6 Å². The summed E-state index contributed by atoms with van der Waals surface area (Å²) in [6.07, 6.45) is 0.142. The van der Waals surface area contributed by atoms with Gasteiger partial charge in [0.2, 0.25) is 11.8 Å². The van der Waals surface area contributed by atoms with E-state index >= 15 is 0 Å². The normalized spacial score (nSPS) is 15.1. The molecule has 28 heavy (non-hydrogen) atoms. The third kappa shape index (κ3) is 4.46. The number of carbonyl (C=O) groups is 3. The van der Waals surface area contributed by atoms with Crippen LogP contribution >= 0.6 is 0 Å². The largest absolute Gasteiger partial charge is 0.354 e. The number of benzene rings is 1. The highest BCUT2D eigenvalue weighted by molar-refractivity contribution is 6.40. The van der Waals surface area contributed by atoms with E-state index in [1.165, 1.54) is 6.92 Å². The Kier molecular flexibility index (Phi) is 6.71. The first-order chi connectivity index (χ1) is 13.2. The molecule has 0 bridgehead atoms. The van der Waals surface area contributed by atoms with E-state index in [0.29, 0.717) is 13.0 Å². The van der Waals surface area contributed by atoms with Crippen molar-refractivity contribution in [3.63, 3.8) is 0 Å². The Morgan fingerprint density at radius 1 is 1.18 bits per heavy atom. The molecule has 1 heterocycles. The lowest BCUT2D eigenvalue weighted by Gasteiger charge is -2.24.